The molecule has 2 rings (SSSR count). The lowest BCUT2D eigenvalue weighted by molar-refractivity contribution is 0.187. The molecule has 0 saturated carbocycles. The molecule has 0 aliphatic heterocycles. The second kappa shape index (κ2) is 10.1. The molecule has 0 aliphatic carbocycles. The van der Waals surface area contributed by atoms with Gasteiger partial charge in [-0.25, -0.2) is 9.18 Å². The Morgan fingerprint density at radius 1 is 1.08 bits per heavy atom. The third-order valence-electron chi connectivity index (χ3n) is 3.12. The van der Waals surface area contributed by atoms with Gasteiger partial charge in [0.15, 0.2) is 0 Å². The second-order valence-corrected chi connectivity index (χ2v) is 4.61. The molecule has 3 N–H and O–H groups in total. The Bertz CT molecular complexity index is 645. The van der Waals surface area contributed by atoms with Gasteiger partial charge >= 0.3 is 6.09 Å². The number of halogens is 1. The standard InChI is InChI=1S/C16H18FN3O2.C2H6/c1-18-15-9-13(7-8-14(15)20-16(21)22-2)19-10-11-3-5-12(17)6-4-11;1-2/h3-9,18-19H,10H2,1-2H3,(H,20,21);1-2H3. The van der Waals surface area contributed by atoms with Crippen LogP contribution in [0.1, 0.15) is 19.4 Å². The van der Waals surface area contributed by atoms with Gasteiger partial charge in [0.25, 0.3) is 0 Å². The van der Waals surface area contributed by atoms with Crippen LogP contribution in [0.3, 0.4) is 0 Å². The van der Waals surface area contributed by atoms with Crippen LogP contribution in [0.5, 0.6) is 0 Å². The minimum Gasteiger partial charge on any atom is -0.453 e. The highest BCUT2D eigenvalue weighted by Crippen LogP contribution is 2.26. The average Bonchev–Trinajstić information content (AvgIpc) is 2.63. The van der Waals surface area contributed by atoms with Crippen LogP contribution in [-0.2, 0) is 11.3 Å². The monoisotopic (exact) mass is 333 g/mol. The van der Waals surface area contributed by atoms with Crippen molar-refractivity contribution >= 4 is 23.2 Å². The van der Waals surface area contributed by atoms with Gasteiger partial charge in [-0.2, -0.15) is 0 Å². The molecular formula is C18H24FN3O2. The number of benzene rings is 2. The first kappa shape index (κ1) is 19.3. The Hall–Kier alpha value is -2.76. The Labute approximate surface area is 142 Å². The minimum absolute atomic E-state index is 0.251. The molecule has 0 unspecified atom stereocenters. The number of anilines is 3. The largest absolute Gasteiger partial charge is 0.453 e. The molecule has 0 heterocycles. The van der Waals surface area contributed by atoms with E-state index in [1.807, 2.05) is 26.0 Å². The summed E-state index contributed by atoms with van der Waals surface area (Å²) in [7, 11) is 3.08. The van der Waals surface area contributed by atoms with Crippen molar-refractivity contribution in [2.45, 2.75) is 20.4 Å². The molecule has 6 heteroatoms. The molecule has 0 spiro atoms. The summed E-state index contributed by atoms with van der Waals surface area (Å²) in [4.78, 5) is 11.3. The van der Waals surface area contributed by atoms with Crippen molar-refractivity contribution in [3.05, 3.63) is 53.8 Å². The Morgan fingerprint density at radius 3 is 2.33 bits per heavy atom. The zero-order chi connectivity index (χ0) is 17.9. The van der Waals surface area contributed by atoms with E-state index in [4.69, 9.17) is 0 Å². The van der Waals surface area contributed by atoms with Gasteiger partial charge in [0.1, 0.15) is 5.82 Å². The lowest BCUT2D eigenvalue weighted by Crippen LogP contribution is -2.12. The summed E-state index contributed by atoms with van der Waals surface area (Å²) in [6, 6.07) is 11.8. The van der Waals surface area contributed by atoms with Gasteiger partial charge in [0.2, 0.25) is 0 Å². The number of hydrogen-bond acceptors (Lipinski definition) is 4. The van der Waals surface area contributed by atoms with Crippen molar-refractivity contribution in [1.29, 1.82) is 0 Å². The van der Waals surface area contributed by atoms with Gasteiger partial charge in [-0.1, -0.05) is 26.0 Å². The molecular weight excluding hydrogens is 309 g/mol. The fourth-order valence-electron chi connectivity index (χ4n) is 1.94. The predicted molar refractivity (Wildman–Crippen MR) is 97.1 cm³/mol. The molecule has 2 aromatic rings. The van der Waals surface area contributed by atoms with E-state index in [1.54, 1.807) is 25.2 Å². The average molecular weight is 333 g/mol. The summed E-state index contributed by atoms with van der Waals surface area (Å²) in [5.41, 5.74) is 3.24. The molecule has 1 amide bonds. The van der Waals surface area contributed by atoms with Gasteiger partial charge in [0.05, 0.1) is 18.5 Å². The summed E-state index contributed by atoms with van der Waals surface area (Å²) < 4.78 is 17.4. The molecule has 0 atom stereocenters. The molecule has 24 heavy (non-hydrogen) atoms. The Balaban J connectivity index is 0.00000139. The number of ether oxygens (including phenoxy) is 1. The highest BCUT2D eigenvalue weighted by atomic mass is 19.1. The fourth-order valence-corrected chi connectivity index (χ4v) is 1.94. The van der Waals surface area contributed by atoms with Gasteiger partial charge < -0.3 is 15.4 Å². The van der Waals surface area contributed by atoms with Gasteiger partial charge in [-0.15, -0.1) is 0 Å². The van der Waals surface area contributed by atoms with E-state index in [2.05, 4.69) is 20.7 Å². The Morgan fingerprint density at radius 2 is 1.75 bits per heavy atom. The molecule has 5 nitrogen and oxygen atoms in total. The maximum atomic E-state index is 12.9. The smallest absolute Gasteiger partial charge is 0.411 e. The molecule has 0 aromatic heterocycles. The van der Waals surface area contributed by atoms with Crippen molar-refractivity contribution in [2.75, 3.05) is 30.1 Å². The highest BCUT2D eigenvalue weighted by Gasteiger charge is 2.06. The van der Waals surface area contributed by atoms with Crippen molar-refractivity contribution in [3.63, 3.8) is 0 Å². The number of rotatable bonds is 5. The first-order valence-electron chi connectivity index (χ1n) is 7.77. The van der Waals surface area contributed by atoms with Crippen LogP contribution in [0.15, 0.2) is 42.5 Å². The number of methoxy groups -OCH3 is 1. The summed E-state index contributed by atoms with van der Waals surface area (Å²) in [6.07, 6.45) is -0.525. The molecule has 0 radical (unpaired) electrons. The van der Waals surface area contributed by atoms with Crippen LogP contribution in [0.4, 0.5) is 26.2 Å². The normalized spacial score (nSPS) is 9.38. The maximum absolute atomic E-state index is 12.9. The molecule has 0 bridgehead atoms. The summed E-state index contributed by atoms with van der Waals surface area (Å²) in [5, 5.41) is 8.88. The van der Waals surface area contributed by atoms with Crippen molar-refractivity contribution in [2.24, 2.45) is 0 Å². The van der Waals surface area contributed by atoms with Crippen molar-refractivity contribution in [1.82, 2.24) is 0 Å². The zero-order valence-corrected chi connectivity index (χ0v) is 14.4. The van der Waals surface area contributed by atoms with Crippen LogP contribution in [-0.4, -0.2) is 20.3 Å². The lowest BCUT2D eigenvalue weighted by atomic mass is 10.2. The topological polar surface area (TPSA) is 62.4 Å². The number of nitrogens with one attached hydrogen (secondary N) is 3. The zero-order valence-electron chi connectivity index (χ0n) is 14.4. The molecule has 2 aromatic carbocycles. The second-order valence-electron chi connectivity index (χ2n) is 4.61. The van der Waals surface area contributed by atoms with Crippen LogP contribution >= 0.6 is 0 Å². The number of hydrogen-bond donors (Lipinski definition) is 3. The SMILES string of the molecule is CC.CNc1cc(NCc2ccc(F)cc2)ccc1NC(=O)OC. The first-order chi connectivity index (χ1) is 11.6. The lowest BCUT2D eigenvalue weighted by Gasteiger charge is -2.13. The summed E-state index contributed by atoms with van der Waals surface area (Å²) in [5.74, 6) is -0.251. The summed E-state index contributed by atoms with van der Waals surface area (Å²) in [6.45, 7) is 4.58. The predicted octanol–water partition coefficient (Wildman–Crippen LogP) is 4.68. The van der Waals surface area contributed by atoms with E-state index in [0.717, 1.165) is 16.9 Å². The van der Waals surface area contributed by atoms with Gasteiger partial charge in [-0.05, 0) is 35.9 Å². The maximum Gasteiger partial charge on any atom is 0.411 e. The van der Waals surface area contributed by atoms with E-state index >= 15 is 0 Å². The van der Waals surface area contributed by atoms with E-state index in [1.165, 1.54) is 19.2 Å². The van der Waals surface area contributed by atoms with Gasteiger partial charge in [-0.3, -0.25) is 5.32 Å². The van der Waals surface area contributed by atoms with Crippen molar-refractivity contribution < 1.29 is 13.9 Å². The van der Waals surface area contributed by atoms with Crippen LogP contribution < -0.4 is 16.0 Å². The third kappa shape index (κ3) is 5.79. The molecule has 0 aliphatic rings. The number of carbonyl (C=O) groups excluding carboxylic acids is 1. The highest BCUT2D eigenvalue weighted by molar-refractivity contribution is 5.90. The molecule has 130 valence electrons. The summed E-state index contributed by atoms with van der Waals surface area (Å²) >= 11 is 0. The number of carbonyl (C=O) groups is 1. The van der Waals surface area contributed by atoms with Crippen LogP contribution in [0, 0.1) is 5.82 Å². The molecule has 0 saturated heterocycles. The first-order valence-corrected chi connectivity index (χ1v) is 7.77. The third-order valence-corrected chi connectivity index (χ3v) is 3.12. The van der Waals surface area contributed by atoms with E-state index in [9.17, 15) is 9.18 Å². The quantitative estimate of drug-likeness (QED) is 0.743. The van der Waals surface area contributed by atoms with E-state index in [0.29, 0.717) is 12.2 Å². The van der Waals surface area contributed by atoms with Crippen molar-refractivity contribution in [3.8, 4) is 0 Å². The van der Waals surface area contributed by atoms with Crippen LogP contribution in [0.25, 0.3) is 0 Å². The van der Waals surface area contributed by atoms with Gasteiger partial charge in [0, 0.05) is 19.3 Å². The minimum atomic E-state index is -0.525. The van der Waals surface area contributed by atoms with Crippen LogP contribution in [0.2, 0.25) is 0 Å². The van der Waals surface area contributed by atoms with E-state index < -0.39 is 6.09 Å². The number of amides is 1. The fraction of sp³-hybridized carbons (Fsp3) is 0.278. The Kier molecular flexibility index (Phi) is 8.11. The van der Waals surface area contributed by atoms with E-state index in [-0.39, 0.29) is 5.82 Å². The molecule has 0 fully saturated rings.